The third-order valence-electron chi connectivity index (χ3n) is 2.71. The summed E-state index contributed by atoms with van der Waals surface area (Å²) in [7, 11) is 1.55. The number of nitriles is 1. The van der Waals surface area contributed by atoms with Crippen molar-refractivity contribution in [3.05, 3.63) is 41.1 Å². The van der Waals surface area contributed by atoms with Gasteiger partial charge >= 0.3 is 0 Å². The SMILES string of the molecule is COc1ccc(Cn2cc(C)c(N)n2)cc1C#N. The van der Waals surface area contributed by atoms with E-state index in [0.717, 1.165) is 11.1 Å². The minimum atomic E-state index is 0.520. The minimum absolute atomic E-state index is 0.520. The van der Waals surface area contributed by atoms with Gasteiger partial charge < -0.3 is 10.5 Å². The molecule has 5 heteroatoms. The van der Waals surface area contributed by atoms with Crippen LogP contribution in [0.5, 0.6) is 5.75 Å². The first kappa shape index (κ1) is 12.0. The molecule has 2 rings (SSSR count). The Morgan fingerprint density at radius 2 is 2.28 bits per heavy atom. The van der Waals surface area contributed by atoms with Gasteiger partial charge in [-0.3, -0.25) is 4.68 Å². The van der Waals surface area contributed by atoms with Crippen molar-refractivity contribution >= 4 is 5.82 Å². The van der Waals surface area contributed by atoms with Crippen molar-refractivity contribution in [2.45, 2.75) is 13.5 Å². The van der Waals surface area contributed by atoms with E-state index >= 15 is 0 Å². The molecule has 0 aliphatic rings. The number of benzene rings is 1. The number of nitrogens with zero attached hydrogens (tertiary/aromatic N) is 3. The molecule has 92 valence electrons. The predicted molar refractivity (Wildman–Crippen MR) is 68.2 cm³/mol. The van der Waals surface area contributed by atoms with Crippen molar-refractivity contribution < 1.29 is 4.74 Å². The molecule has 1 heterocycles. The zero-order chi connectivity index (χ0) is 13.1. The first-order valence-corrected chi connectivity index (χ1v) is 5.50. The molecule has 0 radical (unpaired) electrons. The maximum atomic E-state index is 9.02. The quantitative estimate of drug-likeness (QED) is 0.888. The third kappa shape index (κ3) is 2.28. The normalized spacial score (nSPS) is 10.1. The highest BCUT2D eigenvalue weighted by Gasteiger charge is 2.06. The second-order valence-corrected chi connectivity index (χ2v) is 4.04. The summed E-state index contributed by atoms with van der Waals surface area (Å²) in [5, 5.41) is 13.2. The Morgan fingerprint density at radius 1 is 1.50 bits per heavy atom. The number of aryl methyl sites for hydroxylation is 1. The molecule has 0 aliphatic heterocycles. The van der Waals surface area contributed by atoms with Gasteiger partial charge in [0.15, 0.2) is 0 Å². The van der Waals surface area contributed by atoms with Crippen molar-refractivity contribution in [1.29, 1.82) is 5.26 Å². The fourth-order valence-corrected chi connectivity index (χ4v) is 1.74. The summed E-state index contributed by atoms with van der Waals surface area (Å²) >= 11 is 0. The summed E-state index contributed by atoms with van der Waals surface area (Å²) in [4.78, 5) is 0. The minimum Gasteiger partial charge on any atom is -0.495 e. The second-order valence-electron chi connectivity index (χ2n) is 4.04. The van der Waals surface area contributed by atoms with E-state index in [4.69, 9.17) is 15.7 Å². The lowest BCUT2D eigenvalue weighted by atomic mass is 10.1. The van der Waals surface area contributed by atoms with E-state index in [1.807, 2.05) is 19.2 Å². The molecule has 0 saturated heterocycles. The van der Waals surface area contributed by atoms with Crippen molar-refractivity contribution in [2.24, 2.45) is 0 Å². The van der Waals surface area contributed by atoms with Crippen LogP contribution in [0.3, 0.4) is 0 Å². The van der Waals surface area contributed by atoms with E-state index in [9.17, 15) is 0 Å². The second kappa shape index (κ2) is 4.80. The number of rotatable bonds is 3. The number of nitrogen functional groups attached to an aromatic ring is 1. The zero-order valence-corrected chi connectivity index (χ0v) is 10.3. The standard InChI is InChI=1S/C13H14N4O/c1-9-7-17(16-13(9)15)8-10-3-4-12(18-2)11(5-10)6-14/h3-5,7H,8H2,1-2H3,(H2,15,16). The molecule has 0 aliphatic carbocycles. The molecule has 1 aromatic heterocycles. The van der Waals surface area contributed by atoms with Gasteiger partial charge in [0.1, 0.15) is 17.6 Å². The molecule has 0 unspecified atom stereocenters. The number of anilines is 1. The smallest absolute Gasteiger partial charge is 0.148 e. The topological polar surface area (TPSA) is 76.9 Å². The molecule has 0 atom stereocenters. The lowest BCUT2D eigenvalue weighted by molar-refractivity contribution is 0.413. The van der Waals surface area contributed by atoms with E-state index in [1.54, 1.807) is 23.9 Å². The highest BCUT2D eigenvalue weighted by atomic mass is 16.5. The van der Waals surface area contributed by atoms with Crippen LogP contribution in [0.1, 0.15) is 16.7 Å². The maximum Gasteiger partial charge on any atom is 0.148 e. The fraction of sp³-hybridized carbons (Fsp3) is 0.231. The van der Waals surface area contributed by atoms with E-state index < -0.39 is 0 Å². The van der Waals surface area contributed by atoms with Crippen LogP contribution in [0, 0.1) is 18.3 Å². The van der Waals surface area contributed by atoms with Gasteiger partial charge in [-0.2, -0.15) is 10.4 Å². The number of methoxy groups -OCH3 is 1. The van der Waals surface area contributed by atoms with Crippen molar-refractivity contribution in [1.82, 2.24) is 9.78 Å². The maximum absolute atomic E-state index is 9.02. The first-order chi connectivity index (χ1) is 8.63. The number of nitrogens with two attached hydrogens (primary N) is 1. The van der Waals surface area contributed by atoms with Crippen LogP contribution in [-0.4, -0.2) is 16.9 Å². The predicted octanol–water partition coefficient (Wildman–Crippen LogP) is 1.70. The van der Waals surface area contributed by atoms with Gasteiger partial charge in [0, 0.05) is 11.8 Å². The van der Waals surface area contributed by atoms with Crippen molar-refractivity contribution in [3.8, 4) is 11.8 Å². The molecule has 0 bridgehead atoms. The summed E-state index contributed by atoms with van der Waals surface area (Å²) in [6.07, 6.45) is 1.88. The van der Waals surface area contributed by atoms with Gasteiger partial charge in [-0.05, 0) is 24.6 Å². The molecule has 0 fully saturated rings. The Labute approximate surface area is 105 Å². The van der Waals surface area contributed by atoms with Crippen LogP contribution in [0.2, 0.25) is 0 Å². The lowest BCUT2D eigenvalue weighted by Gasteiger charge is -2.06. The van der Waals surface area contributed by atoms with Gasteiger partial charge in [-0.1, -0.05) is 6.07 Å². The van der Waals surface area contributed by atoms with Gasteiger partial charge in [0.05, 0.1) is 19.2 Å². The Hall–Kier alpha value is -2.48. The third-order valence-corrected chi connectivity index (χ3v) is 2.71. The molecule has 0 amide bonds. The van der Waals surface area contributed by atoms with E-state index in [-0.39, 0.29) is 0 Å². The van der Waals surface area contributed by atoms with Crippen molar-refractivity contribution in [2.75, 3.05) is 12.8 Å². The Bertz CT molecular complexity index is 590. The number of aromatic nitrogens is 2. The van der Waals surface area contributed by atoms with Gasteiger partial charge in [0.2, 0.25) is 0 Å². The zero-order valence-electron chi connectivity index (χ0n) is 10.3. The van der Waals surface area contributed by atoms with Gasteiger partial charge in [-0.15, -0.1) is 0 Å². The van der Waals surface area contributed by atoms with Crippen molar-refractivity contribution in [3.63, 3.8) is 0 Å². The van der Waals surface area contributed by atoms with Crippen LogP contribution in [0.25, 0.3) is 0 Å². The van der Waals surface area contributed by atoms with Crippen LogP contribution >= 0.6 is 0 Å². The summed E-state index contributed by atoms with van der Waals surface area (Å²) in [5.74, 6) is 1.11. The molecule has 1 aromatic carbocycles. The van der Waals surface area contributed by atoms with Crippen LogP contribution < -0.4 is 10.5 Å². The Balaban J connectivity index is 2.27. The van der Waals surface area contributed by atoms with Gasteiger partial charge in [0.25, 0.3) is 0 Å². The molecule has 0 spiro atoms. The average Bonchev–Trinajstić information content (AvgIpc) is 2.68. The molecule has 18 heavy (non-hydrogen) atoms. The Morgan fingerprint density at radius 3 is 2.83 bits per heavy atom. The van der Waals surface area contributed by atoms with Crippen LogP contribution in [-0.2, 0) is 6.54 Å². The first-order valence-electron chi connectivity index (χ1n) is 5.50. The molecule has 0 saturated carbocycles. The highest BCUT2D eigenvalue weighted by molar-refractivity contribution is 5.45. The lowest BCUT2D eigenvalue weighted by Crippen LogP contribution is -2.02. The largest absolute Gasteiger partial charge is 0.495 e. The molecule has 2 aromatic rings. The van der Waals surface area contributed by atoms with E-state index in [0.29, 0.717) is 23.7 Å². The van der Waals surface area contributed by atoms with Crippen LogP contribution in [0.4, 0.5) is 5.82 Å². The Kier molecular flexibility index (Phi) is 3.20. The molecule has 5 nitrogen and oxygen atoms in total. The monoisotopic (exact) mass is 242 g/mol. The van der Waals surface area contributed by atoms with Gasteiger partial charge in [-0.25, -0.2) is 0 Å². The molecule has 2 N–H and O–H groups in total. The number of hydrogen-bond donors (Lipinski definition) is 1. The summed E-state index contributed by atoms with van der Waals surface area (Å²) in [6.45, 7) is 2.49. The van der Waals surface area contributed by atoms with Crippen LogP contribution in [0.15, 0.2) is 24.4 Å². The van der Waals surface area contributed by atoms with E-state index in [2.05, 4.69) is 11.2 Å². The van der Waals surface area contributed by atoms with E-state index in [1.165, 1.54) is 0 Å². The number of hydrogen-bond acceptors (Lipinski definition) is 4. The summed E-state index contributed by atoms with van der Waals surface area (Å²) in [6, 6.07) is 7.60. The fourth-order valence-electron chi connectivity index (χ4n) is 1.74. The molecular formula is C13H14N4O. The average molecular weight is 242 g/mol. The highest BCUT2D eigenvalue weighted by Crippen LogP contribution is 2.19. The summed E-state index contributed by atoms with van der Waals surface area (Å²) in [5.41, 5.74) is 8.14. The summed E-state index contributed by atoms with van der Waals surface area (Å²) < 4.78 is 6.86. The number of ether oxygens (including phenoxy) is 1. The molecular weight excluding hydrogens is 228 g/mol.